The maximum Gasteiger partial charge on any atom is 0.319 e. The van der Waals surface area contributed by atoms with Crippen molar-refractivity contribution in [2.45, 2.75) is 32.6 Å². The quantitative estimate of drug-likeness (QED) is 0.319. The molecule has 3 amide bonds. The molecule has 11 heteroatoms. The average Bonchev–Trinajstić information content (AvgIpc) is 2.96. The van der Waals surface area contributed by atoms with Crippen LogP contribution >= 0.6 is 11.6 Å². The van der Waals surface area contributed by atoms with E-state index in [1.807, 2.05) is 11.8 Å². The number of urea groups is 1. The summed E-state index contributed by atoms with van der Waals surface area (Å²) in [5.74, 6) is 2.14. The van der Waals surface area contributed by atoms with Gasteiger partial charge in [-0.15, -0.1) is 0 Å². The molecule has 10 nitrogen and oxygen atoms in total. The van der Waals surface area contributed by atoms with Crippen molar-refractivity contribution >= 4 is 40.1 Å². The highest BCUT2D eigenvalue weighted by Gasteiger charge is 2.41. The molecule has 218 valence electrons. The van der Waals surface area contributed by atoms with Crippen LogP contribution in [-0.2, 0) is 9.53 Å². The maximum absolute atomic E-state index is 12.8. The molecule has 0 aliphatic carbocycles. The Balaban J connectivity index is 1.22. The fourth-order valence-corrected chi connectivity index (χ4v) is 5.22. The van der Waals surface area contributed by atoms with Crippen LogP contribution in [0.25, 0.3) is 10.9 Å². The largest absolute Gasteiger partial charge is 0.493 e. The summed E-state index contributed by atoms with van der Waals surface area (Å²) in [6.45, 7) is 5.96. The Bertz CT molecular complexity index is 1400. The molecule has 2 aliphatic rings. The second-order valence-electron chi connectivity index (χ2n) is 10.4. The molecule has 1 aromatic heterocycles. The Labute approximate surface area is 244 Å². The number of anilines is 1. The van der Waals surface area contributed by atoms with Crippen molar-refractivity contribution in [3.8, 4) is 23.0 Å². The van der Waals surface area contributed by atoms with Crippen molar-refractivity contribution < 1.29 is 28.5 Å². The predicted molar refractivity (Wildman–Crippen MR) is 156 cm³/mol. The second kappa shape index (κ2) is 12.8. The van der Waals surface area contributed by atoms with Crippen LogP contribution in [-0.4, -0.2) is 68.4 Å². The third kappa shape index (κ3) is 6.77. The second-order valence-corrected chi connectivity index (χ2v) is 10.8. The number of aromatic nitrogens is 1. The van der Waals surface area contributed by atoms with Crippen LogP contribution in [0, 0.1) is 5.41 Å². The lowest BCUT2D eigenvalue weighted by Gasteiger charge is -2.47. The Morgan fingerprint density at radius 2 is 1.90 bits per heavy atom. The van der Waals surface area contributed by atoms with Crippen LogP contribution in [0.3, 0.4) is 0 Å². The van der Waals surface area contributed by atoms with Gasteiger partial charge in [-0.05, 0) is 43.5 Å². The SMILES string of the molecule is CCCNC(=O)Nc1ccc(Oc2ccnc3cc(OCCC(=O)N4CCC5(CC4)COC5)c(OC)cc23)cc1Cl. The number of amides is 3. The van der Waals surface area contributed by atoms with Crippen molar-refractivity contribution in [1.29, 1.82) is 0 Å². The molecule has 0 atom stereocenters. The highest BCUT2D eigenvalue weighted by Crippen LogP contribution is 2.39. The van der Waals surface area contributed by atoms with Gasteiger partial charge in [-0.2, -0.15) is 0 Å². The highest BCUT2D eigenvalue weighted by molar-refractivity contribution is 6.33. The third-order valence-electron chi connectivity index (χ3n) is 7.51. The van der Waals surface area contributed by atoms with Gasteiger partial charge in [0.25, 0.3) is 0 Å². The summed E-state index contributed by atoms with van der Waals surface area (Å²) in [5.41, 5.74) is 1.41. The van der Waals surface area contributed by atoms with E-state index in [-0.39, 0.29) is 25.0 Å². The number of hydrogen-bond acceptors (Lipinski definition) is 7. The lowest BCUT2D eigenvalue weighted by atomic mass is 9.77. The Morgan fingerprint density at radius 1 is 1.10 bits per heavy atom. The Hall–Kier alpha value is -3.76. The lowest BCUT2D eigenvalue weighted by Crippen LogP contribution is -2.52. The van der Waals surface area contributed by atoms with Gasteiger partial charge in [-0.3, -0.25) is 9.78 Å². The first-order chi connectivity index (χ1) is 19.9. The summed E-state index contributed by atoms with van der Waals surface area (Å²) in [5, 5.41) is 6.54. The van der Waals surface area contributed by atoms with Gasteiger partial charge in [-0.25, -0.2) is 4.79 Å². The summed E-state index contributed by atoms with van der Waals surface area (Å²) in [4.78, 5) is 31.1. The number of piperidine rings is 1. The third-order valence-corrected chi connectivity index (χ3v) is 7.82. The molecule has 3 aromatic rings. The molecular formula is C30H35ClN4O6. The molecule has 5 rings (SSSR count). The number of carbonyl (C=O) groups is 2. The zero-order valence-electron chi connectivity index (χ0n) is 23.3. The standard InChI is InChI=1S/C30H35ClN4O6/c1-3-10-33-29(37)34-23-5-4-20(15-22(23)31)41-25-6-11-32-24-17-27(26(38-2)16-21(24)25)40-14-7-28(36)35-12-8-30(9-13-35)18-39-19-30/h4-6,11,15-17H,3,7-10,12-14,18-19H2,1-2H3,(H2,33,34,37). The van der Waals surface area contributed by atoms with E-state index in [9.17, 15) is 9.59 Å². The number of rotatable bonds is 10. The fraction of sp³-hybridized carbons (Fsp3) is 0.433. The first-order valence-electron chi connectivity index (χ1n) is 13.9. The van der Waals surface area contributed by atoms with Crippen LogP contribution in [0.2, 0.25) is 5.02 Å². The number of nitrogens with one attached hydrogen (secondary N) is 2. The minimum atomic E-state index is -0.319. The molecule has 0 saturated carbocycles. The van der Waals surface area contributed by atoms with E-state index in [1.54, 1.807) is 49.7 Å². The highest BCUT2D eigenvalue weighted by atomic mass is 35.5. The van der Waals surface area contributed by atoms with E-state index in [0.717, 1.165) is 45.6 Å². The van der Waals surface area contributed by atoms with Crippen LogP contribution in [0.15, 0.2) is 42.6 Å². The van der Waals surface area contributed by atoms with Gasteiger partial charge >= 0.3 is 6.03 Å². The smallest absolute Gasteiger partial charge is 0.319 e. The van der Waals surface area contributed by atoms with Gasteiger partial charge in [0.15, 0.2) is 11.5 Å². The van der Waals surface area contributed by atoms with Gasteiger partial charge in [0.05, 0.1) is 49.6 Å². The number of benzene rings is 2. The molecule has 2 aromatic carbocycles. The Kier molecular flexibility index (Phi) is 8.99. The molecule has 0 radical (unpaired) electrons. The monoisotopic (exact) mass is 582 g/mol. The minimum absolute atomic E-state index is 0.0927. The zero-order chi connectivity index (χ0) is 28.8. The van der Waals surface area contributed by atoms with E-state index in [4.69, 9.17) is 30.5 Å². The molecule has 2 aliphatic heterocycles. The molecule has 0 unspecified atom stereocenters. The van der Waals surface area contributed by atoms with Gasteiger partial charge in [0.1, 0.15) is 11.5 Å². The van der Waals surface area contributed by atoms with Crippen molar-refractivity contribution in [3.63, 3.8) is 0 Å². The number of fused-ring (bicyclic) bond motifs is 1. The summed E-state index contributed by atoms with van der Waals surface area (Å²) in [7, 11) is 1.56. The summed E-state index contributed by atoms with van der Waals surface area (Å²) >= 11 is 6.40. The van der Waals surface area contributed by atoms with Gasteiger partial charge < -0.3 is 34.5 Å². The first kappa shape index (κ1) is 28.8. The first-order valence-corrected chi connectivity index (χ1v) is 14.2. The molecule has 2 N–H and O–H groups in total. The topological polar surface area (TPSA) is 111 Å². The fourth-order valence-electron chi connectivity index (χ4n) is 5.00. The molecule has 3 heterocycles. The molecule has 2 saturated heterocycles. The van der Waals surface area contributed by atoms with Crippen LogP contribution in [0.4, 0.5) is 10.5 Å². The number of ether oxygens (including phenoxy) is 4. The average molecular weight is 583 g/mol. The molecule has 2 fully saturated rings. The summed E-state index contributed by atoms with van der Waals surface area (Å²) < 4.78 is 23.1. The maximum atomic E-state index is 12.8. The lowest BCUT2D eigenvalue weighted by molar-refractivity contribution is -0.153. The van der Waals surface area contributed by atoms with Gasteiger partial charge in [0.2, 0.25) is 5.91 Å². The molecule has 1 spiro atoms. The number of nitrogens with zero attached hydrogens (tertiary/aromatic N) is 2. The zero-order valence-corrected chi connectivity index (χ0v) is 24.1. The molecular weight excluding hydrogens is 548 g/mol. The van der Waals surface area contributed by atoms with Crippen molar-refractivity contribution in [3.05, 3.63) is 47.6 Å². The van der Waals surface area contributed by atoms with E-state index >= 15 is 0 Å². The minimum Gasteiger partial charge on any atom is -0.493 e. The van der Waals surface area contributed by atoms with Gasteiger partial charge in [-0.1, -0.05) is 18.5 Å². The van der Waals surface area contributed by atoms with Crippen LogP contribution < -0.4 is 24.8 Å². The number of likely N-dealkylation sites (tertiary alicyclic amines) is 1. The van der Waals surface area contributed by atoms with E-state index < -0.39 is 0 Å². The summed E-state index contributed by atoms with van der Waals surface area (Å²) in [6.07, 6.45) is 4.76. The summed E-state index contributed by atoms with van der Waals surface area (Å²) in [6, 6.07) is 10.1. The van der Waals surface area contributed by atoms with Crippen molar-refractivity contribution in [2.75, 3.05) is 51.9 Å². The molecule has 41 heavy (non-hydrogen) atoms. The normalized spacial score (nSPS) is 15.7. The van der Waals surface area contributed by atoms with Gasteiger partial charge in [0, 0.05) is 48.8 Å². The number of halogens is 1. The van der Waals surface area contributed by atoms with E-state index in [1.165, 1.54) is 0 Å². The van der Waals surface area contributed by atoms with E-state index in [2.05, 4.69) is 15.6 Å². The predicted octanol–water partition coefficient (Wildman–Crippen LogP) is 5.63. The number of carbonyl (C=O) groups excluding carboxylic acids is 2. The van der Waals surface area contributed by atoms with Crippen molar-refractivity contribution in [2.24, 2.45) is 5.41 Å². The van der Waals surface area contributed by atoms with Crippen LogP contribution in [0.1, 0.15) is 32.6 Å². The van der Waals surface area contributed by atoms with E-state index in [0.29, 0.717) is 56.6 Å². The molecule has 0 bridgehead atoms. The number of methoxy groups -OCH3 is 1. The number of pyridine rings is 1. The Morgan fingerprint density at radius 3 is 2.59 bits per heavy atom. The number of hydrogen-bond donors (Lipinski definition) is 2. The van der Waals surface area contributed by atoms with Crippen molar-refractivity contribution in [1.82, 2.24) is 15.2 Å². The van der Waals surface area contributed by atoms with Crippen LogP contribution in [0.5, 0.6) is 23.0 Å².